The lowest BCUT2D eigenvalue weighted by Gasteiger charge is -2.31. The minimum Gasteiger partial charge on any atom is -0.388 e. The number of carbonyl (C=O) groups excluding carboxylic acids is 1. The van der Waals surface area contributed by atoms with E-state index in [1.54, 1.807) is 18.3 Å². The second-order valence-corrected chi connectivity index (χ2v) is 4.10. The zero-order valence-electron chi connectivity index (χ0n) is 9.03. The largest absolute Gasteiger partial charge is 0.388 e. The Hall–Kier alpha value is -1.33. The molecule has 0 aliphatic carbocycles. The summed E-state index contributed by atoms with van der Waals surface area (Å²) in [7, 11) is 0. The zero-order chi connectivity index (χ0) is 11.4. The van der Waals surface area contributed by atoms with Crippen molar-refractivity contribution < 1.29 is 14.6 Å². The Morgan fingerprint density at radius 2 is 2.31 bits per heavy atom. The molecular formula is C11H16N2O3. The minimum absolute atomic E-state index is 0.190. The number of carbonyl (C=O) groups is 1. The molecule has 1 saturated heterocycles. The van der Waals surface area contributed by atoms with Crippen molar-refractivity contribution in [1.29, 1.82) is 0 Å². The van der Waals surface area contributed by atoms with Gasteiger partial charge in [-0.05, 0) is 12.1 Å². The average Bonchev–Trinajstić information content (AvgIpc) is 2.80. The molecule has 5 nitrogen and oxygen atoms in total. The summed E-state index contributed by atoms with van der Waals surface area (Å²) in [5, 5.41) is 12.8. The monoisotopic (exact) mass is 224 g/mol. The molecule has 0 atom stereocenters. The van der Waals surface area contributed by atoms with Crippen molar-refractivity contribution in [2.75, 3.05) is 19.8 Å². The molecule has 16 heavy (non-hydrogen) atoms. The van der Waals surface area contributed by atoms with Crippen LogP contribution in [-0.2, 0) is 4.74 Å². The maximum absolute atomic E-state index is 11.6. The van der Waals surface area contributed by atoms with Gasteiger partial charge >= 0.3 is 0 Å². The number of aromatic nitrogens is 1. The van der Waals surface area contributed by atoms with Crippen LogP contribution >= 0.6 is 0 Å². The normalized spacial score (nSPS) is 19.3. The molecular weight excluding hydrogens is 208 g/mol. The fraction of sp³-hybridized carbons (Fsp3) is 0.545. The van der Waals surface area contributed by atoms with E-state index in [4.69, 9.17) is 4.74 Å². The van der Waals surface area contributed by atoms with Gasteiger partial charge in [0.25, 0.3) is 5.91 Å². The highest BCUT2D eigenvalue weighted by molar-refractivity contribution is 5.92. The van der Waals surface area contributed by atoms with Gasteiger partial charge in [0.2, 0.25) is 0 Å². The lowest BCUT2D eigenvalue weighted by Crippen LogP contribution is -2.46. The van der Waals surface area contributed by atoms with E-state index >= 15 is 0 Å². The summed E-state index contributed by atoms with van der Waals surface area (Å²) in [6.07, 6.45) is 2.83. The SMILES string of the molecule is O=C(NCC1(O)CCOCC1)c1ccc[nH]1. The molecule has 0 spiro atoms. The summed E-state index contributed by atoms with van der Waals surface area (Å²) < 4.78 is 5.17. The van der Waals surface area contributed by atoms with Crippen molar-refractivity contribution in [3.05, 3.63) is 24.0 Å². The third-order valence-electron chi connectivity index (χ3n) is 2.84. The molecule has 2 rings (SSSR count). The summed E-state index contributed by atoms with van der Waals surface area (Å²) in [5.74, 6) is -0.190. The van der Waals surface area contributed by atoms with E-state index in [1.165, 1.54) is 0 Å². The van der Waals surface area contributed by atoms with Gasteiger partial charge < -0.3 is 20.1 Å². The van der Waals surface area contributed by atoms with E-state index in [0.29, 0.717) is 31.7 Å². The van der Waals surface area contributed by atoms with Gasteiger partial charge in [0.15, 0.2) is 0 Å². The van der Waals surface area contributed by atoms with Crippen molar-refractivity contribution in [3.8, 4) is 0 Å². The lowest BCUT2D eigenvalue weighted by molar-refractivity contribution is -0.0605. The van der Waals surface area contributed by atoms with Gasteiger partial charge in [-0.15, -0.1) is 0 Å². The lowest BCUT2D eigenvalue weighted by atomic mass is 9.94. The second kappa shape index (κ2) is 4.67. The zero-order valence-corrected chi connectivity index (χ0v) is 9.03. The predicted octanol–water partition coefficient (Wildman–Crippen LogP) is 0.286. The van der Waals surface area contributed by atoms with E-state index in [-0.39, 0.29) is 12.5 Å². The van der Waals surface area contributed by atoms with Crippen LogP contribution in [0.4, 0.5) is 0 Å². The Kier molecular flexibility index (Phi) is 3.26. The van der Waals surface area contributed by atoms with Crippen LogP contribution in [0.2, 0.25) is 0 Å². The Morgan fingerprint density at radius 1 is 1.56 bits per heavy atom. The average molecular weight is 224 g/mol. The van der Waals surface area contributed by atoms with Crippen molar-refractivity contribution in [2.45, 2.75) is 18.4 Å². The molecule has 0 bridgehead atoms. The summed E-state index contributed by atoms with van der Waals surface area (Å²) in [6, 6.07) is 3.46. The van der Waals surface area contributed by atoms with Crippen molar-refractivity contribution in [1.82, 2.24) is 10.3 Å². The number of H-pyrrole nitrogens is 1. The first-order valence-electron chi connectivity index (χ1n) is 5.41. The number of ether oxygens (including phenoxy) is 1. The Bertz CT molecular complexity index is 342. The molecule has 0 radical (unpaired) electrons. The first kappa shape index (κ1) is 11.2. The van der Waals surface area contributed by atoms with Gasteiger partial charge in [0.1, 0.15) is 5.69 Å². The van der Waals surface area contributed by atoms with Crippen LogP contribution in [0.3, 0.4) is 0 Å². The number of aromatic amines is 1. The van der Waals surface area contributed by atoms with Gasteiger partial charge in [0, 0.05) is 38.8 Å². The molecule has 1 aromatic rings. The van der Waals surface area contributed by atoms with Crippen LogP contribution in [0.15, 0.2) is 18.3 Å². The fourth-order valence-corrected chi connectivity index (χ4v) is 1.74. The van der Waals surface area contributed by atoms with Crippen LogP contribution in [0, 0.1) is 0 Å². The molecule has 0 saturated carbocycles. The Morgan fingerprint density at radius 3 is 2.94 bits per heavy atom. The summed E-state index contributed by atoms with van der Waals surface area (Å²) >= 11 is 0. The molecule has 1 amide bonds. The summed E-state index contributed by atoms with van der Waals surface area (Å²) in [6.45, 7) is 1.37. The second-order valence-electron chi connectivity index (χ2n) is 4.10. The third-order valence-corrected chi connectivity index (χ3v) is 2.84. The quantitative estimate of drug-likeness (QED) is 0.690. The molecule has 5 heteroatoms. The molecule has 88 valence electrons. The van der Waals surface area contributed by atoms with Crippen molar-refractivity contribution in [3.63, 3.8) is 0 Å². The van der Waals surface area contributed by atoms with Gasteiger partial charge in [-0.3, -0.25) is 4.79 Å². The number of amides is 1. The fourth-order valence-electron chi connectivity index (χ4n) is 1.74. The molecule has 3 N–H and O–H groups in total. The highest BCUT2D eigenvalue weighted by atomic mass is 16.5. The van der Waals surface area contributed by atoms with Crippen LogP contribution in [-0.4, -0.2) is 41.4 Å². The maximum atomic E-state index is 11.6. The summed E-state index contributed by atoms with van der Waals surface area (Å²) in [4.78, 5) is 14.4. The first-order chi connectivity index (χ1) is 7.70. The highest BCUT2D eigenvalue weighted by Crippen LogP contribution is 2.19. The van der Waals surface area contributed by atoms with E-state index in [0.717, 1.165) is 0 Å². The minimum atomic E-state index is -0.819. The van der Waals surface area contributed by atoms with E-state index in [1.807, 2.05) is 0 Å². The molecule has 1 aliphatic rings. The third kappa shape index (κ3) is 2.62. The van der Waals surface area contributed by atoms with Crippen LogP contribution in [0.5, 0.6) is 0 Å². The Balaban J connectivity index is 1.84. The topological polar surface area (TPSA) is 74.3 Å². The summed E-state index contributed by atoms with van der Waals surface area (Å²) in [5.41, 5.74) is -0.309. The van der Waals surface area contributed by atoms with E-state index in [9.17, 15) is 9.90 Å². The predicted molar refractivity (Wildman–Crippen MR) is 58.1 cm³/mol. The van der Waals surface area contributed by atoms with E-state index in [2.05, 4.69) is 10.3 Å². The molecule has 1 aliphatic heterocycles. The Labute approximate surface area is 93.8 Å². The van der Waals surface area contributed by atoms with E-state index < -0.39 is 5.60 Å². The van der Waals surface area contributed by atoms with Crippen molar-refractivity contribution >= 4 is 5.91 Å². The standard InChI is InChI=1S/C11H16N2O3/c14-10(9-2-1-5-12-9)13-8-11(15)3-6-16-7-4-11/h1-2,5,12,15H,3-4,6-8H2,(H,13,14). The van der Waals surface area contributed by atoms with Crippen LogP contribution in [0.25, 0.3) is 0 Å². The van der Waals surface area contributed by atoms with Gasteiger partial charge in [-0.1, -0.05) is 0 Å². The van der Waals surface area contributed by atoms with Gasteiger partial charge in [0.05, 0.1) is 5.60 Å². The molecule has 0 aromatic carbocycles. The number of hydrogen-bond donors (Lipinski definition) is 3. The van der Waals surface area contributed by atoms with Gasteiger partial charge in [-0.25, -0.2) is 0 Å². The number of rotatable bonds is 3. The molecule has 1 aromatic heterocycles. The number of nitrogens with one attached hydrogen (secondary N) is 2. The van der Waals surface area contributed by atoms with Crippen LogP contribution < -0.4 is 5.32 Å². The molecule has 1 fully saturated rings. The first-order valence-corrected chi connectivity index (χ1v) is 5.41. The molecule has 2 heterocycles. The smallest absolute Gasteiger partial charge is 0.267 e. The van der Waals surface area contributed by atoms with Crippen molar-refractivity contribution in [2.24, 2.45) is 0 Å². The molecule has 0 unspecified atom stereocenters. The van der Waals surface area contributed by atoms with Gasteiger partial charge in [-0.2, -0.15) is 0 Å². The number of aliphatic hydroxyl groups is 1. The maximum Gasteiger partial charge on any atom is 0.267 e. The van der Waals surface area contributed by atoms with Crippen LogP contribution in [0.1, 0.15) is 23.3 Å². The highest BCUT2D eigenvalue weighted by Gasteiger charge is 2.30. The number of hydrogen-bond acceptors (Lipinski definition) is 3.